The number of nitrogen functional groups attached to an aromatic ring is 1. The topological polar surface area (TPSA) is 98.6 Å². The van der Waals surface area contributed by atoms with Crippen molar-refractivity contribution in [3.8, 4) is 5.75 Å². The van der Waals surface area contributed by atoms with Crippen LogP contribution in [0.3, 0.4) is 0 Å². The minimum atomic E-state index is 0.0421. The van der Waals surface area contributed by atoms with Gasteiger partial charge in [0.2, 0.25) is 5.95 Å². The largest absolute Gasteiger partial charge is 0.494 e. The molecule has 1 fully saturated rings. The highest BCUT2D eigenvalue weighted by Crippen LogP contribution is 2.30. The molecule has 152 valence electrons. The third kappa shape index (κ3) is 3.01. The SMILES string of the molecule is COc1cccc2c1nc(N)n1nc(C3CCCN(C(=O)c4ccccc4)C3)nc21. The quantitative estimate of drug-likeness (QED) is 0.566. The first kappa shape index (κ1) is 18.4. The van der Waals surface area contributed by atoms with E-state index in [-0.39, 0.29) is 17.8 Å². The van der Waals surface area contributed by atoms with Crippen molar-refractivity contribution in [2.75, 3.05) is 25.9 Å². The standard InChI is InChI=1S/C22H22N6O2/c1-30-17-11-5-10-16-18(17)24-22(23)28-20(16)25-19(26-28)15-9-6-12-27(13-15)21(29)14-7-3-2-4-8-14/h2-5,7-8,10-11,15H,6,9,12-13H2,1H3,(H2,23,24). The Kier molecular flexibility index (Phi) is 4.46. The maximum absolute atomic E-state index is 12.9. The Morgan fingerprint density at radius 3 is 2.77 bits per heavy atom. The van der Waals surface area contributed by atoms with Gasteiger partial charge in [-0.1, -0.05) is 24.3 Å². The summed E-state index contributed by atoms with van der Waals surface area (Å²) in [6.45, 7) is 1.32. The summed E-state index contributed by atoms with van der Waals surface area (Å²) in [6, 6.07) is 15.0. The van der Waals surface area contributed by atoms with E-state index in [4.69, 9.17) is 15.5 Å². The number of fused-ring (bicyclic) bond motifs is 3. The van der Waals surface area contributed by atoms with Gasteiger partial charge in [-0.25, -0.2) is 9.97 Å². The number of piperidine rings is 1. The van der Waals surface area contributed by atoms with E-state index in [0.717, 1.165) is 24.8 Å². The lowest BCUT2D eigenvalue weighted by Crippen LogP contribution is -2.39. The number of hydrogen-bond donors (Lipinski definition) is 1. The predicted molar refractivity (Wildman–Crippen MR) is 114 cm³/mol. The Bertz CT molecular complexity index is 1240. The molecule has 1 saturated heterocycles. The zero-order valence-corrected chi connectivity index (χ0v) is 16.7. The second-order valence-electron chi connectivity index (χ2n) is 7.49. The van der Waals surface area contributed by atoms with Crippen LogP contribution in [0.2, 0.25) is 0 Å². The Hall–Kier alpha value is -3.68. The van der Waals surface area contributed by atoms with E-state index in [1.807, 2.05) is 53.4 Å². The van der Waals surface area contributed by atoms with Gasteiger partial charge in [0, 0.05) is 30.0 Å². The molecule has 0 saturated carbocycles. The molecule has 1 amide bonds. The number of carbonyl (C=O) groups is 1. The molecule has 0 spiro atoms. The van der Waals surface area contributed by atoms with Crippen LogP contribution in [0.5, 0.6) is 5.75 Å². The highest BCUT2D eigenvalue weighted by molar-refractivity contribution is 5.96. The Balaban J connectivity index is 1.51. The van der Waals surface area contributed by atoms with Crippen molar-refractivity contribution in [1.29, 1.82) is 0 Å². The lowest BCUT2D eigenvalue weighted by molar-refractivity contribution is 0.0704. The molecule has 1 atom stereocenters. The first-order chi connectivity index (χ1) is 14.7. The molecule has 2 N–H and O–H groups in total. The molecule has 2 aromatic carbocycles. The number of hydrogen-bond acceptors (Lipinski definition) is 6. The highest BCUT2D eigenvalue weighted by Gasteiger charge is 2.28. The lowest BCUT2D eigenvalue weighted by atomic mass is 9.96. The third-order valence-electron chi connectivity index (χ3n) is 5.62. The fourth-order valence-electron chi connectivity index (χ4n) is 4.12. The number of rotatable bonds is 3. The van der Waals surface area contributed by atoms with E-state index in [0.29, 0.717) is 34.8 Å². The van der Waals surface area contributed by atoms with Crippen molar-refractivity contribution in [2.24, 2.45) is 0 Å². The van der Waals surface area contributed by atoms with Gasteiger partial charge < -0.3 is 15.4 Å². The summed E-state index contributed by atoms with van der Waals surface area (Å²) >= 11 is 0. The number of carbonyl (C=O) groups excluding carboxylic acids is 1. The van der Waals surface area contributed by atoms with E-state index in [2.05, 4.69) is 10.1 Å². The molecule has 0 bridgehead atoms. The fraction of sp³-hybridized carbons (Fsp3) is 0.273. The van der Waals surface area contributed by atoms with E-state index < -0.39 is 0 Å². The monoisotopic (exact) mass is 402 g/mol. The Morgan fingerprint density at radius 1 is 1.13 bits per heavy atom. The molecular formula is C22H22N6O2. The van der Waals surface area contributed by atoms with Crippen LogP contribution < -0.4 is 10.5 Å². The van der Waals surface area contributed by atoms with Gasteiger partial charge in [-0.3, -0.25) is 4.79 Å². The van der Waals surface area contributed by atoms with E-state index in [1.54, 1.807) is 11.6 Å². The molecule has 5 rings (SSSR count). The summed E-state index contributed by atoms with van der Waals surface area (Å²) in [5.74, 6) is 1.67. The van der Waals surface area contributed by atoms with Gasteiger partial charge in [-0.15, -0.1) is 5.10 Å². The number of methoxy groups -OCH3 is 1. The summed E-state index contributed by atoms with van der Waals surface area (Å²) in [4.78, 5) is 24.0. The molecule has 3 heterocycles. The van der Waals surface area contributed by atoms with Crippen LogP contribution in [-0.2, 0) is 0 Å². The molecule has 1 aliphatic rings. The molecule has 30 heavy (non-hydrogen) atoms. The van der Waals surface area contributed by atoms with Gasteiger partial charge in [0.05, 0.1) is 7.11 Å². The van der Waals surface area contributed by atoms with E-state index >= 15 is 0 Å². The number of aromatic nitrogens is 4. The molecule has 1 unspecified atom stereocenters. The van der Waals surface area contributed by atoms with Crippen LogP contribution in [0, 0.1) is 0 Å². The molecule has 2 aromatic heterocycles. The number of anilines is 1. The first-order valence-corrected chi connectivity index (χ1v) is 9.99. The van der Waals surface area contributed by atoms with Crippen LogP contribution in [0.4, 0.5) is 5.95 Å². The van der Waals surface area contributed by atoms with E-state index in [9.17, 15) is 4.79 Å². The molecule has 0 radical (unpaired) electrons. The van der Waals surface area contributed by atoms with Gasteiger partial charge in [0.1, 0.15) is 11.3 Å². The number of ether oxygens (including phenoxy) is 1. The van der Waals surface area contributed by atoms with Crippen LogP contribution >= 0.6 is 0 Å². The van der Waals surface area contributed by atoms with Crippen LogP contribution in [0.15, 0.2) is 48.5 Å². The number of para-hydroxylation sites is 1. The molecule has 8 heteroatoms. The zero-order valence-electron chi connectivity index (χ0n) is 16.7. The summed E-state index contributed by atoms with van der Waals surface area (Å²) in [5.41, 5.74) is 8.18. The normalized spacial score (nSPS) is 16.8. The minimum Gasteiger partial charge on any atom is -0.494 e. The molecular weight excluding hydrogens is 380 g/mol. The van der Waals surface area contributed by atoms with Crippen molar-refractivity contribution in [2.45, 2.75) is 18.8 Å². The van der Waals surface area contributed by atoms with Gasteiger partial charge in [-0.05, 0) is 37.1 Å². The highest BCUT2D eigenvalue weighted by atomic mass is 16.5. The minimum absolute atomic E-state index is 0.0421. The van der Waals surface area contributed by atoms with Gasteiger partial charge in [0.15, 0.2) is 11.5 Å². The number of nitrogens with zero attached hydrogens (tertiary/aromatic N) is 5. The van der Waals surface area contributed by atoms with Crippen molar-refractivity contribution >= 4 is 28.4 Å². The number of amides is 1. The zero-order chi connectivity index (χ0) is 20.7. The molecule has 1 aliphatic heterocycles. The van der Waals surface area contributed by atoms with Gasteiger partial charge in [0.25, 0.3) is 5.91 Å². The van der Waals surface area contributed by atoms with Crippen LogP contribution in [0.25, 0.3) is 16.6 Å². The average Bonchev–Trinajstić information content (AvgIpc) is 3.26. The molecule has 8 nitrogen and oxygen atoms in total. The smallest absolute Gasteiger partial charge is 0.253 e. The lowest BCUT2D eigenvalue weighted by Gasteiger charge is -2.31. The summed E-state index contributed by atoms with van der Waals surface area (Å²) in [5, 5.41) is 5.48. The van der Waals surface area contributed by atoms with Crippen molar-refractivity contribution in [3.63, 3.8) is 0 Å². The summed E-state index contributed by atoms with van der Waals surface area (Å²) in [7, 11) is 1.60. The van der Waals surface area contributed by atoms with Crippen LogP contribution in [-0.4, -0.2) is 50.6 Å². The Labute approximate surface area is 173 Å². The molecule has 4 aromatic rings. The van der Waals surface area contributed by atoms with Crippen molar-refractivity contribution in [1.82, 2.24) is 24.5 Å². The second kappa shape index (κ2) is 7.29. The summed E-state index contributed by atoms with van der Waals surface area (Å²) < 4.78 is 7.00. The predicted octanol–water partition coefficient (Wildman–Crippen LogP) is 2.89. The number of likely N-dealkylation sites (tertiary alicyclic amines) is 1. The Morgan fingerprint density at radius 2 is 1.97 bits per heavy atom. The van der Waals surface area contributed by atoms with Crippen molar-refractivity contribution in [3.05, 3.63) is 59.9 Å². The molecule has 0 aliphatic carbocycles. The maximum Gasteiger partial charge on any atom is 0.253 e. The van der Waals surface area contributed by atoms with Gasteiger partial charge in [-0.2, -0.15) is 4.52 Å². The summed E-state index contributed by atoms with van der Waals surface area (Å²) in [6.07, 6.45) is 1.82. The average molecular weight is 402 g/mol. The first-order valence-electron chi connectivity index (χ1n) is 9.99. The number of nitrogens with two attached hydrogens (primary N) is 1. The third-order valence-corrected chi connectivity index (χ3v) is 5.62. The maximum atomic E-state index is 12.9. The second-order valence-corrected chi connectivity index (χ2v) is 7.49. The number of benzene rings is 2. The van der Waals surface area contributed by atoms with Gasteiger partial charge >= 0.3 is 0 Å². The van der Waals surface area contributed by atoms with E-state index in [1.165, 1.54) is 0 Å². The van der Waals surface area contributed by atoms with Crippen molar-refractivity contribution < 1.29 is 9.53 Å². The van der Waals surface area contributed by atoms with Crippen LogP contribution in [0.1, 0.15) is 34.9 Å². The fourth-order valence-corrected chi connectivity index (χ4v) is 4.12.